The molecule has 1 atom stereocenters. The fourth-order valence-electron chi connectivity index (χ4n) is 3.00. The number of carbonyl (C=O) groups is 1. The summed E-state index contributed by atoms with van der Waals surface area (Å²) in [7, 11) is 0. The molecule has 2 heterocycles. The summed E-state index contributed by atoms with van der Waals surface area (Å²) in [6, 6.07) is 0. The lowest BCUT2D eigenvalue weighted by Crippen LogP contribution is -2.44. The van der Waals surface area contributed by atoms with E-state index >= 15 is 0 Å². The molecule has 1 saturated heterocycles. The summed E-state index contributed by atoms with van der Waals surface area (Å²) in [5.41, 5.74) is 0. The molecular formula is C17H27N3O3. The van der Waals surface area contributed by atoms with Gasteiger partial charge in [0.15, 0.2) is 5.82 Å². The van der Waals surface area contributed by atoms with Crippen LogP contribution in [-0.2, 0) is 22.4 Å². The van der Waals surface area contributed by atoms with Crippen molar-refractivity contribution in [2.45, 2.75) is 58.5 Å². The van der Waals surface area contributed by atoms with E-state index in [-0.39, 0.29) is 6.10 Å². The Morgan fingerprint density at radius 1 is 1.39 bits per heavy atom. The number of aromatic nitrogens is 2. The lowest BCUT2D eigenvalue weighted by Gasteiger charge is -2.32. The van der Waals surface area contributed by atoms with Gasteiger partial charge in [-0.1, -0.05) is 19.0 Å². The quantitative estimate of drug-likeness (QED) is 0.770. The van der Waals surface area contributed by atoms with E-state index in [1.807, 2.05) is 4.90 Å². The van der Waals surface area contributed by atoms with Crippen LogP contribution in [0.1, 0.15) is 51.2 Å². The van der Waals surface area contributed by atoms with Crippen LogP contribution >= 0.6 is 0 Å². The van der Waals surface area contributed by atoms with Crippen LogP contribution in [0.4, 0.5) is 0 Å². The SMILES string of the molecule is CC(C)Cc1nc(CCOC2CCCN(C(=O)C3CC3)C2)no1. The van der Waals surface area contributed by atoms with Crippen molar-refractivity contribution in [1.82, 2.24) is 15.0 Å². The van der Waals surface area contributed by atoms with Crippen LogP contribution in [0.3, 0.4) is 0 Å². The minimum absolute atomic E-state index is 0.147. The zero-order valence-corrected chi connectivity index (χ0v) is 14.2. The molecule has 0 radical (unpaired) electrons. The van der Waals surface area contributed by atoms with E-state index in [1.54, 1.807) is 0 Å². The maximum absolute atomic E-state index is 12.1. The number of piperidine rings is 1. The second-order valence-electron chi connectivity index (χ2n) is 7.15. The number of ether oxygens (including phenoxy) is 1. The topological polar surface area (TPSA) is 68.5 Å². The second-order valence-corrected chi connectivity index (χ2v) is 7.15. The fraction of sp³-hybridized carbons (Fsp3) is 0.824. The van der Waals surface area contributed by atoms with Crippen molar-refractivity contribution in [3.63, 3.8) is 0 Å². The van der Waals surface area contributed by atoms with E-state index in [4.69, 9.17) is 9.26 Å². The maximum atomic E-state index is 12.1. The van der Waals surface area contributed by atoms with Gasteiger partial charge in [0.1, 0.15) is 0 Å². The van der Waals surface area contributed by atoms with Gasteiger partial charge < -0.3 is 14.2 Å². The van der Waals surface area contributed by atoms with Crippen molar-refractivity contribution in [2.75, 3.05) is 19.7 Å². The molecule has 128 valence electrons. The van der Waals surface area contributed by atoms with Crippen molar-refractivity contribution in [2.24, 2.45) is 11.8 Å². The summed E-state index contributed by atoms with van der Waals surface area (Å²) in [5.74, 6) is 2.55. The molecule has 1 unspecified atom stereocenters. The molecule has 1 saturated carbocycles. The summed E-state index contributed by atoms with van der Waals surface area (Å²) < 4.78 is 11.2. The highest BCUT2D eigenvalue weighted by Gasteiger charge is 2.35. The summed E-state index contributed by atoms with van der Waals surface area (Å²) >= 11 is 0. The van der Waals surface area contributed by atoms with Crippen LogP contribution in [0, 0.1) is 11.8 Å². The molecule has 6 heteroatoms. The molecule has 1 aromatic rings. The van der Waals surface area contributed by atoms with Crippen LogP contribution in [0.2, 0.25) is 0 Å². The lowest BCUT2D eigenvalue weighted by molar-refractivity contribution is -0.136. The Morgan fingerprint density at radius 3 is 2.96 bits per heavy atom. The molecule has 6 nitrogen and oxygen atoms in total. The molecular weight excluding hydrogens is 294 g/mol. The average Bonchev–Trinajstić information content (AvgIpc) is 3.28. The highest BCUT2D eigenvalue weighted by molar-refractivity contribution is 5.81. The van der Waals surface area contributed by atoms with Crippen LogP contribution in [-0.4, -0.2) is 46.7 Å². The highest BCUT2D eigenvalue weighted by Crippen LogP contribution is 2.32. The standard InChI is InChI=1S/C17H27N3O3/c1-12(2)10-16-18-15(19-23-16)7-9-22-14-4-3-8-20(11-14)17(21)13-5-6-13/h12-14H,3-11H2,1-2H3. The third-order valence-corrected chi connectivity index (χ3v) is 4.39. The summed E-state index contributed by atoms with van der Waals surface area (Å²) in [6.45, 7) is 6.46. The number of rotatable bonds is 7. The Labute approximate surface area is 137 Å². The Balaban J connectivity index is 1.39. The Kier molecular flexibility index (Phi) is 5.30. The van der Waals surface area contributed by atoms with Crippen molar-refractivity contribution in [3.8, 4) is 0 Å². The van der Waals surface area contributed by atoms with Gasteiger partial charge in [-0.25, -0.2) is 0 Å². The second kappa shape index (κ2) is 7.43. The zero-order chi connectivity index (χ0) is 16.2. The van der Waals surface area contributed by atoms with Gasteiger partial charge in [-0.3, -0.25) is 4.79 Å². The van der Waals surface area contributed by atoms with E-state index in [0.717, 1.165) is 45.2 Å². The number of hydrogen-bond acceptors (Lipinski definition) is 5. The van der Waals surface area contributed by atoms with Crippen LogP contribution in [0.5, 0.6) is 0 Å². The smallest absolute Gasteiger partial charge is 0.226 e. The van der Waals surface area contributed by atoms with Gasteiger partial charge in [0.2, 0.25) is 11.8 Å². The molecule has 2 fully saturated rings. The van der Waals surface area contributed by atoms with Crippen molar-refractivity contribution < 1.29 is 14.1 Å². The first kappa shape index (κ1) is 16.4. The molecule has 23 heavy (non-hydrogen) atoms. The minimum Gasteiger partial charge on any atom is -0.376 e. The Hall–Kier alpha value is -1.43. The average molecular weight is 321 g/mol. The van der Waals surface area contributed by atoms with Crippen LogP contribution in [0.25, 0.3) is 0 Å². The molecule has 2 aliphatic rings. The monoisotopic (exact) mass is 321 g/mol. The molecule has 1 aromatic heterocycles. The molecule has 0 aromatic carbocycles. The van der Waals surface area contributed by atoms with Crippen molar-refractivity contribution in [3.05, 3.63) is 11.7 Å². The Morgan fingerprint density at radius 2 is 2.22 bits per heavy atom. The number of nitrogens with zero attached hydrogens (tertiary/aromatic N) is 3. The molecule has 1 amide bonds. The van der Waals surface area contributed by atoms with Crippen LogP contribution < -0.4 is 0 Å². The van der Waals surface area contributed by atoms with E-state index in [9.17, 15) is 4.79 Å². The summed E-state index contributed by atoms with van der Waals surface area (Å²) in [5, 5.41) is 4.00. The minimum atomic E-state index is 0.147. The van der Waals surface area contributed by atoms with Crippen molar-refractivity contribution in [1.29, 1.82) is 0 Å². The predicted molar refractivity (Wildman–Crippen MR) is 84.8 cm³/mol. The summed E-state index contributed by atoms with van der Waals surface area (Å²) in [6.07, 6.45) is 5.81. The van der Waals surface area contributed by atoms with Gasteiger partial charge >= 0.3 is 0 Å². The molecule has 1 aliphatic heterocycles. The maximum Gasteiger partial charge on any atom is 0.226 e. The fourth-order valence-corrected chi connectivity index (χ4v) is 3.00. The van der Waals surface area contributed by atoms with E-state index < -0.39 is 0 Å². The van der Waals surface area contributed by atoms with Gasteiger partial charge in [-0.15, -0.1) is 0 Å². The summed E-state index contributed by atoms with van der Waals surface area (Å²) in [4.78, 5) is 18.5. The number of carbonyl (C=O) groups excluding carboxylic acids is 1. The first-order chi connectivity index (χ1) is 11.1. The van der Waals surface area contributed by atoms with E-state index in [1.165, 1.54) is 0 Å². The molecule has 0 N–H and O–H groups in total. The zero-order valence-electron chi connectivity index (χ0n) is 14.2. The molecule has 0 bridgehead atoms. The van der Waals surface area contributed by atoms with Gasteiger partial charge in [-0.05, 0) is 31.6 Å². The number of likely N-dealkylation sites (tertiary alicyclic amines) is 1. The predicted octanol–water partition coefficient (Wildman–Crippen LogP) is 2.23. The van der Waals surface area contributed by atoms with E-state index in [0.29, 0.717) is 42.5 Å². The van der Waals surface area contributed by atoms with Crippen molar-refractivity contribution >= 4 is 5.91 Å². The normalized spacial score (nSPS) is 21.9. The van der Waals surface area contributed by atoms with Gasteiger partial charge in [0, 0.05) is 31.8 Å². The lowest BCUT2D eigenvalue weighted by atomic mass is 10.1. The van der Waals surface area contributed by atoms with Gasteiger partial charge in [0.25, 0.3) is 0 Å². The third kappa shape index (κ3) is 4.77. The number of hydrogen-bond donors (Lipinski definition) is 0. The van der Waals surface area contributed by atoms with E-state index in [2.05, 4.69) is 24.0 Å². The first-order valence-corrected chi connectivity index (χ1v) is 8.83. The third-order valence-electron chi connectivity index (χ3n) is 4.39. The van der Waals surface area contributed by atoms with Crippen LogP contribution in [0.15, 0.2) is 4.52 Å². The molecule has 1 aliphatic carbocycles. The van der Waals surface area contributed by atoms with Gasteiger partial charge in [0.05, 0.1) is 12.7 Å². The number of amides is 1. The highest BCUT2D eigenvalue weighted by atomic mass is 16.5. The largest absolute Gasteiger partial charge is 0.376 e. The molecule has 0 spiro atoms. The first-order valence-electron chi connectivity index (χ1n) is 8.83. The molecule has 3 rings (SSSR count). The Bertz CT molecular complexity index is 525. The van der Waals surface area contributed by atoms with Gasteiger partial charge in [-0.2, -0.15) is 4.98 Å².